The van der Waals surface area contributed by atoms with Crippen LogP contribution in [0.5, 0.6) is 0 Å². The van der Waals surface area contributed by atoms with E-state index in [9.17, 15) is 9.59 Å². The monoisotopic (exact) mass is 360 g/mol. The molecular weight excluding hydrogens is 344 g/mol. The normalized spacial score (nSPS) is 9.67. The van der Waals surface area contributed by atoms with Crippen LogP contribution in [0.1, 0.15) is 26.3 Å². The van der Waals surface area contributed by atoms with Gasteiger partial charge >= 0.3 is 0 Å². The Hall–Kier alpha value is -2.68. The second-order valence-corrected chi connectivity index (χ2v) is 4.76. The van der Waals surface area contributed by atoms with E-state index in [4.69, 9.17) is 5.11 Å². The Morgan fingerprint density at radius 2 is 1.54 bits per heavy atom. The van der Waals surface area contributed by atoms with Gasteiger partial charge in [-0.15, -0.1) is 0 Å². The largest absolute Gasteiger partial charge is 0.645 e. The quantitative estimate of drug-likeness (QED) is 0.325. The van der Waals surface area contributed by atoms with E-state index in [1.807, 2.05) is 60.7 Å². The number of allylic oxidation sites excluding steroid dienone is 1. The summed E-state index contributed by atoms with van der Waals surface area (Å²) in [5, 5.41) is 8.27. The number of carboxylic acid groups (broad SMARTS) is 1. The fourth-order valence-corrected chi connectivity index (χ4v) is 1.89. The van der Waals surface area contributed by atoms with Crippen LogP contribution in [0, 0.1) is 0 Å². The zero-order valence-electron chi connectivity index (χ0n) is 12.8. The molecule has 3 aromatic rings. The molecule has 24 heavy (non-hydrogen) atoms. The van der Waals surface area contributed by atoms with Crippen LogP contribution in [0.25, 0.3) is 6.08 Å². The van der Waals surface area contributed by atoms with Crippen LogP contribution in [0.15, 0.2) is 84.9 Å². The second-order valence-electron chi connectivity index (χ2n) is 4.76. The number of rotatable bonds is 4. The Balaban J connectivity index is 0.000000273. The molecule has 0 saturated carbocycles. The van der Waals surface area contributed by atoms with Crippen LogP contribution in [0.2, 0.25) is 0 Å². The van der Waals surface area contributed by atoms with Gasteiger partial charge in [0.1, 0.15) is 0 Å². The van der Waals surface area contributed by atoms with E-state index in [-0.39, 0.29) is 22.9 Å². The van der Waals surface area contributed by atoms with Crippen molar-refractivity contribution in [3.63, 3.8) is 0 Å². The van der Waals surface area contributed by atoms with Crippen molar-refractivity contribution in [2.24, 2.45) is 0 Å². The van der Waals surface area contributed by atoms with Crippen LogP contribution in [0.3, 0.4) is 0 Å². The Morgan fingerprint density at radius 1 is 0.958 bits per heavy atom. The molecule has 0 aliphatic carbocycles. The summed E-state index contributed by atoms with van der Waals surface area (Å²) in [6.45, 7) is 0. The zero-order chi connectivity index (χ0) is 16.5. The number of hydrogen-bond donors (Lipinski definition) is 1. The fraction of sp³-hybridized carbons (Fsp3) is 0. The predicted octanol–water partition coefficient (Wildman–Crippen LogP) is 4.40. The molecule has 4 heteroatoms. The van der Waals surface area contributed by atoms with Crippen molar-refractivity contribution in [1.29, 1.82) is 0 Å². The van der Waals surface area contributed by atoms with Crippen molar-refractivity contribution in [2.45, 2.75) is 0 Å². The molecule has 0 aliphatic heterocycles. The third kappa shape index (κ3) is 6.21. The Labute approximate surface area is 151 Å². The van der Waals surface area contributed by atoms with E-state index in [1.54, 1.807) is 30.3 Å². The van der Waals surface area contributed by atoms with Gasteiger partial charge in [0.25, 0.3) is 5.97 Å². The average Bonchev–Trinajstić information content (AvgIpc) is 3.27. The summed E-state index contributed by atoms with van der Waals surface area (Å²) in [5.74, 6) is -0.821. The minimum absolute atomic E-state index is 0. The average molecular weight is 360 g/mol. The molecule has 0 spiro atoms. The SMILES string of the molecule is O=C(C=Cc1ccccc1)[c-]1[cH-][cH-][cH-][cH-]1.O=C(O)[c-]1cccc1.[Fe]. The van der Waals surface area contributed by atoms with Crippen molar-refractivity contribution in [1.82, 2.24) is 0 Å². The summed E-state index contributed by atoms with van der Waals surface area (Å²) < 4.78 is 0. The summed E-state index contributed by atoms with van der Waals surface area (Å²) in [5.41, 5.74) is 2.13. The van der Waals surface area contributed by atoms with Crippen molar-refractivity contribution in [3.05, 3.63) is 102 Å². The van der Waals surface area contributed by atoms with Crippen molar-refractivity contribution >= 4 is 17.8 Å². The molecule has 0 saturated heterocycles. The van der Waals surface area contributed by atoms with Crippen molar-refractivity contribution in [2.75, 3.05) is 0 Å². The molecule has 0 heterocycles. The smallest absolute Gasteiger partial charge is 0.278 e. The summed E-state index contributed by atoms with van der Waals surface area (Å²) in [4.78, 5) is 21.7. The molecule has 128 valence electrons. The van der Waals surface area contributed by atoms with Gasteiger partial charge in [-0.05, 0) is 0 Å². The van der Waals surface area contributed by atoms with Crippen molar-refractivity contribution in [3.8, 4) is 0 Å². The van der Waals surface area contributed by atoms with Gasteiger partial charge in [0, 0.05) is 17.1 Å². The number of benzene rings is 1. The number of carbonyl (C=O) groups excluding carboxylic acids is 1. The minimum Gasteiger partial charge on any atom is -0.645 e. The van der Waals surface area contributed by atoms with Crippen LogP contribution in [-0.2, 0) is 17.1 Å². The Bertz CT molecular complexity index is 755. The first-order valence-electron chi connectivity index (χ1n) is 7.11. The van der Waals surface area contributed by atoms with Crippen LogP contribution < -0.4 is 0 Å². The fourth-order valence-electron chi connectivity index (χ4n) is 1.89. The first-order valence-corrected chi connectivity index (χ1v) is 7.11. The topological polar surface area (TPSA) is 54.4 Å². The third-order valence-corrected chi connectivity index (χ3v) is 3.08. The molecular formula is C20H16FeO3-6. The molecule has 0 aliphatic rings. The van der Waals surface area contributed by atoms with E-state index in [2.05, 4.69) is 0 Å². The van der Waals surface area contributed by atoms with Gasteiger partial charge in [-0.1, -0.05) is 41.5 Å². The van der Waals surface area contributed by atoms with Crippen LogP contribution in [0.4, 0.5) is 0 Å². The maximum absolute atomic E-state index is 11.6. The van der Waals surface area contributed by atoms with Gasteiger partial charge in [-0.25, -0.2) is 12.1 Å². The van der Waals surface area contributed by atoms with E-state index < -0.39 is 5.97 Å². The molecule has 3 aromatic carbocycles. The van der Waals surface area contributed by atoms with Crippen LogP contribution >= 0.6 is 0 Å². The van der Waals surface area contributed by atoms with E-state index in [0.717, 1.165) is 11.1 Å². The van der Waals surface area contributed by atoms with Gasteiger partial charge in [-0.3, -0.25) is 4.79 Å². The number of carbonyl (C=O) groups is 2. The second kappa shape index (κ2) is 10.2. The number of carboxylic acids is 1. The molecule has 0 atom stereocenters. The maximum Gasteiger partial charge on any atom is 0.278 e. The van der Waals surface area contributed by atoms with Gasteiger partial charge < -0.3 is 51.6 Å². The Morgan fingerprint density at radius 3 is 2.04 bits per heavy atom. The summed E-state index contributed by atoms with van der Waals surface area (Å²) in [7, 11) is 0. The minimum atomic E-state index is -0.866. The zero-order valence-corrected chi connectivity index (χ0v) is 13.9. The molecule has 3 nitrogen and oxygen atoms in total. The molecule has 0 aromatic heterocycles. The molecule has 0 amide bonds. The van der Waals surface area contributed by atoms with Gasteiger partial charge in [0.05, 0.1) is 0 Å². The number of hydrogen-bond acceptors (Lipinski definition) is 2. The standard InChI is InChI=1S/C14H11O.C6H5O2.Fe/c15-14(13-8-4-5-9-13)11-10-12-6-2-1-3-7-12;7-6(8)5-3-1-2-4-5;/h1-11H;1-4H,(H,7,8);/q-5;-1;. The van der Waals surface area contributed by atoms with Gasteiger partial charge in [0.2, 0.25) is 0 Å². The first-order chi connectivity index (χ1) is 11.2. The molecule has 1 N–H and O–H groups in total. The molecule has 0 bridgehead atoms. The number of aromatic carboxylic acids is 1. The van der Waals surface area contributed by atoms with Crippen molar-refractivity contribution < 1.29 is 31.8 Å². The Kier molecular flexibility index (Phi) is 8.20. The summed E-state index contributed by atoms with van der Waals surface area (Å²) in [6.07, 6.45) is 3.43. The predicted molar refractivity (Wildman–Crippen MR) is 90.8 cm³/mol. The molecule has 0 unspecified atom stereocenters. The van der Waals surface area contributed by atoms with E-state index in [0.29, 0.717) is 5.56 Å². The van der Waals surface area contributed by atoms with E-state index in [1.165, 1.54) is 0 Å². The summed E-state index contributed by atoms with van der Waals surface area (Å²) in [6, 6.07) is 23.7. The van der Waals surface area contributed by atoms with Crippen LogP contribution in [-0.4, -0.2) is 16.9 Å². The maximum atomic E-state index is 11.6. The first kappa shape index (κ1) is 19.4. The summed E-state index contributed by atoms with van der Waals surface area (Å²) >= 11 is 0. The molecule has 3 rings (SSSR count). The van der Waals surface area contributed by atoms with Gasteiger partial charge in [0.15, 0.2) is 0 Å². The van der Waals surface area contributed by atoms with E-state index >= 15 is 0 Å². The molecule has 0 fully saturated rings. The molecule has 0 radical (unpaired) electrons. The third-order valence-electron chi connectivity index (χ3n) is 3.08. The number of ketones is 1. The van der Waals surface area contributed by atoms with Gasteiger partial charge in [-0.2, -0.15) is 18.2 Å².